The van der Waals surface area contributed by atoms with Crippen LogP contribution in [0.3, 0.4) is 0 Å². The third kappa shape index (κ3) is 3.56. The molecular weight excluding hydrogens is 353 g/mol. The quantitative estimate of drug-likeness (QED) is 0.764. The lowest BCUT2D eigenvalue weighted by atomic mass is 10.2. The molecule has 4 rings (SSSR count). The Hall–Kier alpha value is -2.09. The van der Waals surface area contributed by atoms with Gasteiger partial charge in [-0.1, -0.05) is 12.1 Å². The van der Waals surface area contributed by atoms with Crippen molar-refractivity contribution in [2.75, 3.05) is 13.1 Å². The summed E-state index contributed by atoms with van der Waals surface area (Å²) in [6.45, 7) is 6.32. The summed E-state index contributed by atoms with van der Waals surface area (Å²) >= 11 is 1.38. The minimum Gasteiger partial charge on any atom is -0.373 e. The van der Waals surface area contributed by atoms with E-state index in [9.17, 15) is 9.18 Å². The molecule has 136 valence electrons. The van der Waals surface area contributed by atoms with E-state index in [0.29, 0.717) is 22.6 Å². The highest BCUT2D eigenvalue weighted by Crippen LogP contribution is 2.31. The van der Waals surface area contributed by atoms with Crippen LogP contribution in [-0.2, 0) is 11.3 Å². The van der Waals surface area contributed by atoms with E-state index in [1.807, 2.05) is 6.07 Å². The molecule has 0 amide bonds. The van der Waals surface area contributed by atoms with E-state index in [4.69, 9.17) is 4.74 Å². The molecule has 3 aromatic rings. The maximum Gasteiger partial charge on any atom is 0.268 e. The fourth-order valence-corrected chi connectivity index (χ4v) is 4.44. The van der Waals surface area contributed by atoms with Crippen LogP contribution in [0.25, 0.3) is 20.7 Å². The van der Waals surface area contributed by atoms with Crippen molar-refractivity contribution in [3.05, 3.63) is 52.3 Å². The zero-order valence-electron chi connectivity index (χ0n) is 14.7. The molecule has 1 aliphatic rings. The van der Waals surface area contributed by atoms with E-state index in [-0.39, 0.29) is 23.6 Å². The molecule has 1 aliphatic heterocycles. The van der Waals surface area contributed by atoms with Gasteiger partial charge in [0.05, 0.1) is 24.3 Å². The van der Waals surface area contributed by atoms with Gasteiger partial charge in [-0.15, -0.1) is 11.3 Å². The Morgan fingerprint density at radius 2 is 1.96 bits per heavy atom. The first-order chi connectivity index (χ1) is 12.5. The molecule has 1 N–H and O–H groups in total. The second-order valence-corrected chi connectivity index (χ2v) is 7.85. The number of hydrogen-bond donors (Lipinski definition) is 1. The Morgan fingerprint density at radius 1 is 1.27 bits per heavy atom. The van der Waals surface area contributed by atoms with Gasteiger partial charge in [-0.25, -0.2) is 9.37 Å². The van der Waals surface area contributed by atoms with Gasteiger partial charge in [-0.3, -0.25) is 9.69 Å². The SMILES string of the molecule is CC1CN(Cc2nc3cc(-c4ccc(F)cc4)sc3c(=O)[nH]2)CC(C)O1. The molecule has 2 aromatic heterocycles. The van der Waals surface area contributed by atoms with Gasteiger partial charge in [0.1, 0.15) is 16.3 Å². The van der Waals surface area contributed by atoms with Gasteiger partial charge in [0, 0.05) is 18.0 Å². The highest BCUT2D eigenvalue weighted by Gasteiger charge is 2.23. The molecule has 1 aromatic carbocycles. The van der Waals surface area contributed by atoms with E-state index in [1.54, 1.807) is 12.1 Å². The first kappa shape index (κ1) is 17.3. The summed E-state index contributed by atoms with van der Waals surface area (Å²) in [5, 5.41) is 0. The van der Waals surface area contributed by atoms with Crippen LogP contribution in [0.5, 0.6) is 0 Å². The number of morpholine rings is 1. The number of thiophene rings is 1. The van der Waals surface area contributed by atoms with Crippen molar-refractivity contribution in [2.45, 2.75) is 32.6 Å². The molecule has 2 atom stereocenters. The number of halogens is 1. The van der Waals surface area contributed by atoms with Crippen LogP contribution in [0.4, 0.5) is 4.39 Å². The molecule has 0 bridgehead atoms. The lowest BCUT2D eigenvalue weighted by Crippen LogP contribution is -2.45. The summed E-state index contributed by atoms with van der Waals surface area (Å²) in [7, 11) is 0. The maximum absolute atomic E-state index is 13.1. The fourth-order valence-electron chi connectivity index (χ4n) is 3.44. The zero-order chi connectivity index (χ0) is 18.3. The van der Waals surface area contributed by atoms with Gasteiger partial charge < -0.3 is 9.72 Å². The van der Waals surface area contributed by atoms with Crippen molar-refractivity contribution >= 4 is 21.6 Å². The number of nitrogens with zero attached hydrogens (tertiary/aromatic N) is 2. The average Bonchev–Trinajstić information content (AvgIpc) is 2.99. The van der Waals surface area contributed by atoms with Gasteiger partial charge in [0.15, 0.2) is 0 Å². The predicted octanol–water partition coefficient (Wildman–Crippen LogP) is 3.40. The fraction of sp³-hybridized carbons (Fsp3) is 0.368. The van der Waals surface area contributed by atoms with Gasteiger partial charge in [0.25, 0.3) is 5.56 Å². The van der Waals surface area contributed by atoms with E-state index in [1.165, 1.54) is 23.5 Å². The number of nitrogens with one attached hydrogen (secondary N) is 1. The molecule has 3 heterocycles. The number of fused-ring (bicyclic) bond motifs is 1. The van der Waals surface area contributed by atoms with Crippen LogP contribution >= 0.6 is 11.3 Å². The molecule has 5 nitrogen and oxygen atoms in total. The van der Waals surface area contributed by atoms with Gasteiger partial charge in [-0.05, 0) is 37.6 Å². The molecule has 0 radical (unpaired) electrons. The van der Waals surface area contributed by atoms with Crippen LogP contribution in [0, 0.1) is 5.82 Å². The van der Waals surface area contributed by atoms with Crippen molar-refractivity contribution in [2.24, 2.45) is 0 Å². The third-order valence-electron chi connectivity index (χ3n) is 4.43. The second-order valence-electron chi connectivity index (χ2n) is 6.80. The smallest absolute Gasteiger partial charge is 0.268 e. The number of H-pyrrole nitrogens is 1. The Kier molecular flexibility index (Phi) is 4.60. The summed E-state index contributed by atoms with van der Waals surface area (Å²) in [6.07, 6.45) is 0.334. The lowest BCUT2D eigenvalue weighted by Gasteiger charge is -2.34. The molecule has 1 fully saturated rings. The molecule has 0 saturated carbocycles. The first-order valence-corrected chi connectivity index (χ1v) is 9.46. The zero-order valence-corrected chi connectivity index (χ0v) is 15.5. The summed E-state index contributed by atoms with van der Waals surface area (Å²) < 4.78 is 19.5. The Balaban J connectivity index is 1.64. The second kappa shape index (κ2) is 6.90. The van der Waals surface area contributed by atoms with Crippen molar-refractivity contribution < 1.29 is 9.13 Å². The van der Waals surface area contributed by atoms with E-state index >= 15 is 0 Å². The predicted molar refractivity (Wildman–Crippen MR) is 101 cm³/mol. The standard InChI is InChI=1S/C19H20FN3O2S/c1-11-8-23(9-12(2)25-11)10-17-21-15-7-16(26-18(15)19(24)22-17)13-3-5-14(20)6-4-13/h3-7,11-12H,8-10H2,1-2H3,(H,21,22,24). The van der Waals surface area contributed by atoms with E-state index in [0.717, 1.165) is 23.5 Å². The van der Waals surface area contributed by atoms with Gasteiger partial charge >= 0.3 is 0 Å². The van der Waals surface area contributed by atoms with Crippen LogP contribution in [-0.4, -0.2) is 40.2 Å². The molecule has 0 spiro atoms. The van der Waals surface area contributed by atoms with Gasteiger partial charge in [-0.2, -0.15) is 0 Å². The summed E-state index contributed by atoms with van der Waals surface area (Å²) in [6, 6.07) is 8.17. The number of aromatic amines is 1. The van der Waals surface area contributed by atoms with Crippen LogP contribution in [0.2, 0.25) is 0 Å². The van der Waals surface area contributed by atoms with Crippen LogP contribution in [0.15, 0.2) is 35.1 Å². The summed E-state index contributed by atoms with van der Waals surface area (Å²) in [4.78, 5) is 23.2. The largest absolute Gasteiger partial charge is 0.373 e. The van der Waals surface area contributed by atoms with Crippen molar-refractivity contribution in [3.63, 3.8) is 0 Å². The maximum atomic E-state index is 13.1. The highest BCUT2D eigenvalue weighted by molar-refractivity contribution is 7.22. The topological polar surface area (TPSA) is 58.2 Å². The molecule has 1 saturated heterocycles. The Bertz CT molecular complexity index is 973. The van der Waals surface area contributed by atoms with Crippen LogP contribution in [0.1, 0.15) is 19.7 Å². The average molecular weight is 373 g/mol. The lowest BCUT2D eigenvalue weighted by molar-refractivity contribution is -0.0710. The number of aromatic nitrogens is 2. The monoisotopic (exact) mass is 373 g/mol. The minimum absolute atomic E-state index is 0.127. The first-order valence-electron chi connectivity index (χ1n) is 8.64. The third-order valence-corrected chi connectivity index (χ3v) is 5.60. The van der Waals surface area contributed by atoms with E-state index in [2.05, 4.69) is 28.7 Å². The van der Waals surface area contributed by atoms with Gasteiger partial charge in [0.2, 0.25) is 0 Å². The minimum atomic E-state index is -0.276. The van der Waals surface area contributed by atoms with Crippen molar-refractivity contribution in [1.29, 1.82) is 0 Å². The molecule has 2 unspecified atom stereocenters. The Labute approximate surface area is 154 Å². The number of rotatable bonds is 3. The van der Waals surface area contributed by atoms with Crippen LogP contribution < -0.4 is 5.56 Å². The number of ether oxygens (including phenoxy) is 1. The Morgan fingerprint density at radius 3 is 2.65 bits per heavy atom. The number of benzene rings is 1. The normalized spacial score (nSPS) is 21.3. The molecule has 7 heteroatoms. The molecule has 26 heavy (non-hydrogen) atoms. The van der Waals surface area contributed by atoms with E-state index < -0.39 is 0 Å². The summed E-state index contributed by atoms with van der Waals surface area (Å²) in [5.74, 6) is 0.384. The highest BCUT2D eigenvalue weighted by atomic mass is 32.1. The number of hydrogen-bond acceptors (Lipinski definition) is 5. The molecule has 0 aliphatic carbocycles. The van der Waals surface area contributed by atoms with Crippen molar-refractivity contribution in [1.82, 2.24) is 14.9 Å². The molecular formula is C19H20FN3O2S. The van der Waals surface area contributed by atoms with Crippen molar-refractivity contribution in [3.8, 4) is 10.4 Å². The summed E-state index contributed by atoms with van der Waals surface area (Å²) in [5.41, 5.74) is 1.44.